The van der Waals surface area contributed by atoms with Crippen LogP contribution in [0.15, 0.2) is 16.6 Å². The lowest BCUT2D eigenvalue weighted by molar-refractivity contribution is -0.385. The van der Waals surface area contributed by atoms with Gasteiger partial charge in [-0.15, -0.1) is 0 Å². The lowest BCUT2D eigenvalue weighted by atomic mass is 10.1. The molecule has 1 rings (SSSR count). The highest BCUT2D eigenvalue weighted by molar-refractivity contribution is 9.10. The zero-order valence-corrected chi connectivity index (χ0v) is 8.67. The van der Waals surface area contributed by atoms with Gasteiger partial charge in [0, 0.05) is 0 Å². The monoisotopic (exact) mass is 261 g/mol. The van der Waals surface area contributed by atoms with Crippen LogP contribution in [0.5, 0.6) is 0 Å². The van der Waals surface area contributed by atoms with E-state index in [1.54, 1.807) is 0 Å². The molecule has 0 amide bonds. The van der Waals surface area contributed by atoms with Crippen LogP contribution in [0.4, 0.5) is 10.1 Å². The van der Waals surface area contributed by atoms with Crippen LogP contribution in [-0.4, -0.2) is 10.7 Å². The smallest absolute Gasteiger partial charge is 0.286 e. The van der Waals surface area contributed by atoms with Gasteiger partial charge in [-0.05, 0) is 28.9 Å². The summed E-state index contributed by atoms with van der Waals surface area (Å²) < 4.78 is 13.2. The van der Waals surface area contributed by atoms with E-state index in [-0.39, 0.29) is 10.0 Å². The van der Waals surface area contributed by atoms with Crippen LogP contribution in [0.1, 0.15) is 17.3 Å². The van der Waals surface area contributed by atoms with Gasteiger partial charge in [-0.1, -0.05) is 0 Å². The van der Waals surface area contributed by atoms with Crippen LogP contribution in [0, 0.1) is 15.9 Å². The molecule has 0 N–H and O–H groups in total. The zero-order valence-electron chi connectivity index (χ0n) is 7.08. The highest BCUT2D eigenvalue weighted by Crippen LogP contribution is 2.27. The maximum atomic E-state index is 13.1. The van der Waals surface area contributed by atoms with E-state index in [0.29, 0.717) is 0 Å². The van der Waals surface area contributed by atoms with Crippen molar-refractivity contribution >= 4 is 27.4 Å². The fourth-order valence-corrected chi connectivity index (χ4v) is 1.43. The number of carbonyl (C=O) groups is 1. The summed E-state index contributed by atoms with van der Waals surface area (Å²) in [5.41, 5.74) is -0.560. The Morgan fingerprint density at radius 1 is 1.57 bits per heavy atom. The number of Topliss-reactive ketones (excluding diaryl/α,β-unsaturated/α-hetero) is 1. The van der Waals surface area contributed by atoms with E-state index in [2.05, 4.69) is 15.9 Å². The van der Waals surface area contributed by atoms with Gasteiger partial charge in [-0.3, -0.25) is 14.9 Å². The van der Waals surface area contributed by atoms with Crippen molar-refractivity contribution < 1.29 is 14.1 Å². The second-order valence-electron chi connectivity index (χ2n) is 2.60. The summed E-state index contributed by atoms with van der Waals surface area (Å²) in [6, 6.07) is 1.83. The van der Waals surface area contributed by atoms with Crippen molar-refractivity contribution in [3.63, 3.8) is 0 Å². The third-order valence-electron chi connectivity index (χ3n) is 1.61. The van der Waals surface area contributed by atoms with Crippen LogP contribution in [0.25, 0.3) is 0 Å². The number of nitro benzene ring substituents is 1. The molecule has 1 aromatic carbocycles. The normalized spacial score (nSPS) is 9.93. The van der Waals surface area contributed by atoms with E-state index >= 15 is 0 Å². The molecule has 0 aliphatic carbocycles. The van der Waals surface area contributed by atoms with Crippen LogP contribution in [0.3, 0.4) is 0 Å². The predicted molar refractivity (Wildman–Crippen MR) is 50.8 cm³/mol. The van der Waals surface area contributed by atoms with E-state index in [9.17, 15) is 19.3 Å². The summed E-state index contributed by atoms with van der Waals surface area (Å²) in [6.07, 6.45) is 0. The largest absolute Gasteiger partial charge is 0.294 e. The predicted octanol–water partition coefficient (Wildman–Crippen LogP) is 2.70. The summed E-state index contributed by atoms with van der Waals surface area (Å²) in [6.45, 7) is 1.19. The lowest BCUT2D eigenvalue weighted by Crippen LogP contribution is -1.99. The number of nitro groups is 1. The SMILES string of the molecule is CC(=O)c1cc(Br)c([N+](=O)[O-])cc1F. The van der Waals surface area contributed by atoms with E-state index in [1.807, 2.05) is 0 Å². The Bertz CT molecular complexity index is 380. The number of halogens is 2. The first-order chi connectivity index (χ1) is 6.43. The highest BCUT2D eigenvalue weighted by atomic mass is 79.9. The molecule has 0 bridgehead atoms. The number of hydrogen-bond donors (Lipinski definition) is 0. The Morgan fingerprint density at radius 2 is 2.14 bits per heavy atom. The fourth-order valence-electron chi connectivity index (χ4n) is 0.946. The Balaban J connectivity index is 3.38. The first-order valence-corrected chi connectivity index (χ1v) is 4.37. The van der Waals surface area contributed by atoms with Crippen molar-refractivity contribution in [2.75, 3.05) is 0 Å². The Labute approximate surface area is 87.0 Å². The van der Waals surface area contributed by atoms with E-state index < -0.39 is 22.2 Å². The number of benzene rings is 1. The summed E-state index contributed by atoms with van der Waals surface area (Å²) in [5, 5.41) is 10.4. The standard InChI is InChI=1S/C8H5BrFNO3/c1-4(12)5-2-6(9)8(11(13)14)3-7(5)10/h2-3H,1H3. The molecule has 0 aliphatic heterocycles. The van der Waals surface area contributed by atoms with Gasteiger partial charge < -0.3 is 0 Å². The molecule has 0 aliphatic rings. The van der Waals surface area contributed by atoms with Crippen molar-refractivity contribution in [3.05, 3.63) is 38.1 Å². The van der Waals surface area contributed by atoms with Gasteiger partial charge in [-0.25, -0.2) is 4.39 Å². The van der Waals surface area contributed by atoms with Gasteiger partial charge in [0.1, 0.15) is 5.82 Å². The third kappa shape index (κ3) is 1.95. The minimum Gasteiger partial charge on any atom is -0.294 e. The quantitative estimate of drug-likeness (QED) is 0.467. The Hall–Kier alpha value is -1.30. The molecular weight excluding hydrogens is 257 g/mol. The van der Waals surface area contributed by atoms with E-state index in [4.69, 9.17) is 0 Å². The van der Waals surface area contributed by atoms with Crippen molar-refractivity contribution in [1.29, 1.82) is 0 Å². The first kappa shape index (κ1) is 10.8. The van der Waals surface area contributed by atoms with Gasteiger partial charge in [0.05, 0.1) is 21.0 Å². The van der Waals surface area contributed by atoms with Crippen molar-refractivity contribution in [3.8, 4) is 0 Å². The number of hydrogen-bond acceptors (Lipinski definition) is 3. The van der Waals surface area contributed by atoms with Crippen LogP contribution < -0.4 is 0 Å². The minimum atomic E-state index is -0.882. The summed E-state index contributed by atoms with van der Waals surface area (Å²) in [7, 11) is 0. The molecule has 0 radical (unpaired) electrons. The maximum absolute atomic E-state index is 13.1. The molecule has 0 heterocycles. The topological polar surface area (TPSA) is 60.2 Å². The number of carbonyl (C=O) groups excluding carboxylic acids is 1. The molecule has 6 heteroatoms. The molecule has 0 spiro atoms. The fraction of sp³-hybridized carbons (Fsp3) is 0.125. The zero-order chi connectivity index (χ0) is 10.9. The van der Waals surface area contributed by atoms with Crippen LogP contribution >= 0.6 is 15.9 Å². The second-order valence-corrected chi connectivity index (χ2v) is 3.45. The van der Waals surface area contributed by atoms with Gasteiger partial charge in [0.25, 0.3) is 5.69 Å². The summed E-state index contributed by atoms with van der Waals surface area (Å²) >= 11 is 2.89. The Kier molecular flexibility index (Phi) is 2.95. The average Bonchev–Trinajstić information content (AvgIpc) is 2.07. The molecule has 0 saturated carbocycles. The number of ketones is 1. The van der Waals surface area contributed by atoms with Crippen molar-refractivity contribution in [2.45, 2.75) is 6.92 Å². The van der Waals surface area contributed by atoms with Crippen molar-refractivity contribution in [1.82, 2.24) is 0 Å². The molecule has 0 unspecified atom stereocenters. The number of nitrogens with zero attached hydrogens (tertiary/aromatic N) is 1. The van der Waals surface area contributed by atoms with Crippen molar-refractivity contribution in [2.24, 2.45) is 0 Å². The Morgan fingerprint density at radius 3 is 2.57 bits per heavy atom. The average molecular weight is 262 g/mol. The lowest BCUT2D eigenvalue weighted by Gasteiger charge is -2.00. The molecule has 14 heavy (non-hydrogen) atoms. The molecule has 74 valence electrons. The molecule has 4 nitrogen and oxygen atoms in total. The number of rotatable bonds is 2. The van der Waals surface area contributed by atoms with E-state index in [0.717, 1.165) is 12.1 Å². The third-order valence-corrected chi connectivity index (χ3v) is 2.25. The van der Waals surface area contributed by atoms with Gasteiger partial charge in [0.2, 0.25) is 0 Å². The molecule has 0 atom stereocenters. The molecular formula is C8H5BrFNO3. The maximum Gasteiger partial charge on any atom is 0.286 e. The van der Waals surface area contributed by atoms with Gasteiger partial charge in [-0.2, -0.15) is 0 Å². The van der Waals surface area contributed by atoms with E-state index in [1.165, 1.54) is 6.92 Å². The van der Waals surface area contributed by atoms with Crippen LogP contribution in [0.2, 0.25) is 0 Å². The second kappa shape index (κ2) is 3.83. The summed E-state index contributed by atoms with van der Waals surface area (Å²) in [5.74, 6) is -1.36. The molecule has 0 aromatic heterocycles. The van der Waals surface area contributed by atoms with Gasteiger partial charge >= 0.3 is 0 Å². The summed E-state index contributed by atoms with van der Waals surface area (Å²) in [4.78, 5) is 20.5. The van der Waals surface area contributed by atoms with Gasteiger partial charge in [0.15, 0.2) is 5.78 Å². The first-order valence-electron chi connectivity index (χ1n) is 3.58. The molecule has 0 fully saturated rings. The molecule has 0 saturated heterocycles. The molecule has 1 aromatic rings. The van der Waals surface area contributed by atoms with Crippen LogP contribution in [-0.2, 0) is 0 Å². The minimum absolute atomic E-state index is 0.0918. The highest BCUT2D eigenvalue weighted by Gasteiger charge is 2.18.